The molecule has 100 valence electrons. The van der Waals surface area contributed by atoms with Gasteiger partial charge in [-0.3, -0.25) is 0 Å². The standard InChI is InChI=1S/C15H17FN2O/c1-3-17-15-9-12(6-7-18-15)10-19-14-8-11(2)4-5-13(14)16/h4-9H,3,10H2,1-2H3,(H,17,18). The van der Waals surface area contributed by atoms with Crippen molar-refractivity contribution in [2.24, 2.45) is 0 Å². The van der Waals surface area contributed by atoms with Gasteiger partial charge in [0.1, 0.15) is 12.4 Å². The van der Waals surface area contributed by atoms with Crippen LogP contribution in [-0.2, 0) is 6.61 Å². The molecule has 0 fully saturated rings. The van der Waals surface area contributed by atoms with Crippen molar-refractivity contribution in [2.75, 3.05) is 11.9 Å². The van der Waals surface area contributed by atoms with Crippen molar-refractivity contribution >= 4 is 5.82 Å². The van der Waals surface area contributed by atoms with Crippen LogP contribution < -0.4 is 10.1 Å². The molecule has 0 atom stereocenters. The van der Waals surface area contributed by atoms with E-state index in [1.165, 1.54) is 6.07 Å². The number of nitrogens with one attached hydrogen (secondary N) is 1. The lowest BCUT2D eigenvalue weighted by atomic mass is 10.2. The van der Waals surface area contributed by atoms with E-state index in [-0.39, 0.29) is 11.6 Å². The summed E-state index contributed by atoms with van der Waals surface area (Å²) in [6, 6.07) is 8.59. The van der Waals surface area contributed by atoms with Crippen molar-refractivity contribution in [1.82, 2.24) is 4.98 Å². The smallest absolute Gasteiger partial charge is 0.165 e. The van der Waals surface area contributed by atoms with Crippen LogP contribution in [0.15, 0.2) is 36.5 Å². The van der Waals surface area contributed by atoms with Gasteiger partial charge in [-0.2, -0.15) is 0 Å². The number of nitrogens with zero attached hydrogens (tertiary/aromatic N) is 1. The highest BCUT2D eigenvalue weighted by Gasteiger charge is 2.04. The minimum Gasteiger partial charge on any atom is -0.486 e. The molecule has 0 bridgehead atoms. The minimum atomic E-state index is -0.341. The van der Waals surface area contributed by atoms with E-state index in [1.54, 1.807) is 18.3 Å². The molecule has 0 aliphatic heterocycles. The number of ether oxygens (including phenoxy) is 1. The number of pyridine rings is 1. The molecule has 2 rings (SSSR count). The summed E-state index contributed by atoms with van der Waals surface area (Å²) in [7, 11) is 0. The van der Waals surface area contributed by atoms with Gasteiger partial charge in [-0.1, -0.05) is 6.07 Å². The molecule has 2 aromatic rings. The fraction of sp³-hybridized carbons (Fsp3) is 0.267. The van der Waals surface area contributed by atoms with E-state index >= 15 is 0 Å². The molecule has 4 heteroatoms. The van der Waals surface area contributed by atoms with E-state index in [1.807, 2.05) is 26.0 Å². The van der Waals surface area contributed by atoms with Gasteiger partial charge in [-0.25, -0.2) is 9.37 Å². The lowest BCUT2D eigenvalue weighted by Gasteiger charge is -2.09. The van der Waals surface area contributed by atoms with E-state index in [0.29, 0.717) is 6.61 Å². The van der Waals surface area contributed by atoms with Crippen LogP contribution >= 0.6 is 0 Å². The zero-order valence-electron chi connectivity index (χ0n) is 11.1. The van der Waals surface area contributed by atoms with E-state index < -0.39 is 0 Å². The second-order valence-corrected chi connectivity index (χ2v) is 4.30. The maximum absolute atomic E-state index is 13.5. The Balaban J connectivity index is 2.05. The average Bonchev–Trinajstić information content (AvgIpc) is 2.41. The Kier molecular flexibility index (Phi) is 4.34. The molecule has 0 saturated heterocycles. The molecule has 0 aliphatic carbocycles. The highest BCUT2D eigenvalue weighted by Crippen LogP contribution is 2.20. The zero-order chi connectivity index (χ0) is 13.7. The first-order valence-corrected chi connectivity index (χ1v) is 6.27. The van der Waals surface area contributed by atoms with Crippen molar-refractivity contribution in [3.05, 3.63) is 53.5 Å². The molecule has 3 nitrogen and oxygen atoms in total. The molecule has 1 aromatic carbocycles. The van der Waals surface area contributed by atoms with Crippen LogP contribution in [0.4, 0.5) is 10.2 Å². The Morgan fingerprint density at radius 3 is 2.89 bits per heavy atom. The largest absolute Gasteiger partial charge is 0.486 e. The van der Waals surface area contributed by atoms with Gasteiger partial charge in [-0.15, -0.1) is 0 Å². The minimum absolute atomic E-state index is 0.279. The second-order valence-electron chi connectivity index (χ2n) is 4.30. The Hall–Kier alpha value is -2.10. The Morgan fingerprint density at radius 2 is 2.11 bits per heavy atom. The van der Waals surface area contributed by atoms with Crippen LogP contribution in [0.3, 0.4) is 0 Å². The molecule has 0 saturated carbocycles. The first kappa shape index (κ1) is 13.3. The van der Waals surface area contributed by atoms with Crippen LogP contribution in [0.5, 0.6) is 5.75 Å². The van der Waals surface area contributed by atoms with Crippen molar-refractivity contribution in [3.8, 4) is 5.75 Å². The first-order valence-electron chi connectivity index (χ1n) is 6.27. The number of halogens is 1. The van der Waals surface area contributed by atoms with Crippen LogP contribution in [0.2, 0.25) is 0 Å². The van der Waals surface area contributed by atoms with Gasteiger partial charge in [0.15, 0.2) is 11.6 Å². The van der Waals surface area contributed by atoms with Gasteiger partial charge < -0.3 is 10.1 Å². The third-order valence-electron chi connectivity index (χ3n) is 2.66. The molecule has 0 radical (unpaired) electrons. The van der Waals surface area contributed by atoms with Crippen molar-refractivity contribution in [3.63, 3.8) is 0 Å². The molecule has 0 unspecified atom stereocenters. The summed E-state index contributed by atoms with van der Waals surface area (Å²) in [5, 5.41) is 3.13. The van der Waals surface area contributed by atoms with E-state index in [4.69, 9.17) is 4.74 Å². The average molecular weight is 260 g/mol. The number of hydrogen-bond acceptors (Lipinski definition) is 3. The number of benzene rings is 1. The molecule has 0 amide bonds. The van der Waals surface area contributed by atoms with Crippen molar-refractivity contribution < 1.29 is 9.13 Å². The van der Waals surface area contributed by atoms with Crippen LogP contribution in [-0.4, -0.2) is 11.5 Å². The fourth-order valence-corrected chi connectivity index (χ4v) is 1.72. The number of aryl methyl sites for hydroxylation is 1. The van der Waals surface area contributed by atoms with Gasteiger partial charge in [0.25, 0.3) is 0 Å². The van der Waals surface area contributed by atoms with Gasteiger partial charge in [-0.05, 0) is 49.2 Å². The van der Waals surface area contributed by atoms with Gasteiger partial charge in [0.2, 0.25) is 0 Å². The summed E-state index contributed by atoms with van der Waals surface area (Å²) in [5.41, 5.74) is 1.92. The number of hydrogen-bond donors (Lipinski definition) is 1. The van der Waals surface area contributed by atoms with Gasteiger partial charge >= 0.3 is 0 Å². The predicted octanol–water partition coefficient (Wildman–Crippen LogP) is 3.54. The van der Waals surface area contributed by atoms with Crippen LogP contribution in [0.1, 0.15) is 18.1 Å². The van der Waals surface area contributed by atoms with Gasteiger partial charge in [0.05, 0.1) is 0 Å². The van der Waals surface area contributed by atoms with Crippen LogP contribution in [0, 0.1) is 12.7 Å². The zero-order valence-corrected chi connectivity index (χ0v) is 11.1. The maximum atomic E-state index is 13.5. The molecule has 0 aliphatic rings. The third kappa shape index (κ3) is 3.68. The topological polar surface area (TPSA) is 34.1 Å². The predicted molar refractivity (Wildman–Crippen MR) is 73.9 cm³/mol. The van der Waals surface area contributed by atoms with Crippen molar-refractivity contribution in [2.45, 2.75) is 20.5 Å². The quantitative estimate of drug-likeness (QED) is 0.892. The molecular weight excluding hydrogens is 243 g/mol. The number of rotatable bonds is 5. The summed E-state index contributed by atoms with van der Waals surface area (Å²) in [6.07, 6.45) is 1.71. The monoisotopic (exact) mass is 260 g/mol. The molecule has 19 heavy (non-hydrogen) atoms. The summed E-state index contributed by atoms with van der Waals surface area (Å²) < 4.78 is 19.0. The normalized spacial score (nSPS) is 10.3. The van der Waals surface area contributed by atoms with Crippen LogP contribution in [0.25, 0.3) is 0 Å². The van der Waals surface area contributed by atoms with Gasteiger partial charge in [0, 0.05) is 12.7 Å². The van der Waals surface area contributed by atoms with E-state index in [0.717, 1.165) is 23.5 Å². The highest BCUT2D eigenvalue weighted by molar-refractivity contribution is 5.37. The Bertz CT molecular complexity index is 558. The maximum Gasteiger partial charge on any atom is 0.165 e. The second kappa shape index (κ2) is 6.18. The SMILES string of the molecule is CCNc1cc(COc2cc(C)ccc2F)ccn1. The number of anilines is 1. The molecule has 0 spiro atoms. The Labute approximate surface area is 112 Å². The summed E-state index contributed by atoms with van der Waals surface area (Å²) in [6.45, 7) is 5.04. The van der Waals surface area contributed by atoms with E-state index in [9.17, 15) is 4.39 Å². The molecule has 1 aromatic heterocycles. The lowest BCUT2D eigenvalue weighted by molar-refractivity contribution is 0.290. The third-order valence-corrected chi connectivity index (χ3v) is 2.66. The fourth-order valence-electron chi connectivity index (χ4n) is 1.72. The summed E-state index contributed by atoms with van der Waals surface area (Å²) >= 11 is 0. The summed E-state index contributed by atoms with van der Waals surface area (Å²) in [4.78, 5) is 4.18. The molecular formula is C15H17FN2O. The summed E-state index contributed by atoms with van der Waals surface area (Å²) in [5.74, 6) is 0.738. The molecule has 1 N–H and O–H groups in total. The lowest BCUT2D eigenvalue weighted by Crippen LogP contribution is -2.02. The highest BCUT2D eigenvalue weighted by atomic mass is 19.1. The first-order chi connectivity index (χ1) is 9.19. The van der Waals surface area contributed by atoms with E-state index in [2.05, 4.69) is 10.3 Å². The Morgan fingerprint density at radius 1 is 1.26 bits per heavy atom. The molecule has 1 heterocycles. The van der Waals surface area contributed by atoms with Crippen molar-refractivity contribution in [1.29, 1.82) is 0 Å². The number of aromatic nitrogens is 1.